The third-order valence-corrected chi connectivity index (χ3v) is 5.78. The van der Waals surface area contributed by atoms with E-state index in [1.54, 1.807) is 19.6 Å². The molecule has 2 fully saturated rings. The summed E-state index contributed by atoms with van der Waals surface area (Å²) in [5.41, 5.74) is 0.285. The number of ether oxygens (including phenoxy) is 1. The lowest BCUT2D eigenvalue weighted by Crippen LogP contribution is -2.44. The molecule has 2 saturated heterocycles. The minimum Gasteiger partial charge on any atom is -0.449 e. The van der Waals surface area contributed by atoms with Crippen molar-refractivity contribution in [3.8, 4) is 0 Å². The molecule has 0 saturated carbocycles. The Morgan fingerprint density at radius 2 is 2.08 bits per heavy atom. The predicted molar refractivity (Wildman–Crippen MR) is 92.0 cm³/mol. The highest BCUT2D eigenvalue weighted by atomic mass is 16.5. The van der Waals surface area contributed by atoms with E-state index in [4.69, 9.17) is 14.3 Å². The molecule has 1 aromatic heterocycles. The number of methoxy groups -OCH3 is 1. The quantitative estimate of drug-likeness (QED) is 0.727. The van der Waals surface area contributed by atoms with Crippen LogP contribution in [-0.4, -0.2) is 79.5 Å². The Morgan fingerprint density at radius 1 is 1.29 bits per heavy atom. The summed E-state index contributed by atoms with van der Waals surface area (Å²) in [6.45, 7) is 7.61. The van der Waals surface area contributed by atoms with Gasteiger partial charge in [-0.1, -0.05) is 0 Å². The van der Waals surface area contributed by atoms with Gasteiger partial charge in [0.25, 0.3) is 0 Å². The maximum Gasteiger partial charge on any atom is 0.198 e. The molecule has 1 spiro atoms. The molecule has 1 N–H and O–H groups in total. The number of piperidine rings is 1. The van der Waals surface area contributed by atoms with Gasteiger partial charge in [-0.25, -0.2) is 4.98 Å². The minimum atomic E-state index is 0.285. The highest BCUT2D eigenvalue weighted by Crippen LogP contribution is 2.49. The summed E-state index contributed by atoms with van der Waals surface area (Å²) in [7, 11) is 1.77. The van der Waals surface area contributed by atoms with Crippen LogP contribution in [0.4, 0.5) is 0 Å². The first-order chi connectivity index (χ1) is 11.8. The van der Waals surface area contributed by atoms with Crippen LogP contribution in [0.3, 0.4) is 0 Å². The van der Waals surface area contributed by atoms with Crippen LogP contribution in [0.1, 0.15) is 37.5 Å². The van der Waals surface area contributed by atoms with Crippen LogP contribution in [-0.2, 0) is 4.74 Å². The lowest BCUT2D eigenvalue weighted by molar-refractivity contribution is 0.0848. The monoisotopic (exact) mass is 337 g/mol. The first-order valence-corrected chi connectivity index (χ1v) is 9.21. The number of likely N-dealkylation sites (tertiary alicyclic amines) is 2. The first kappa shape index (κ1) is 17.9. The van der Waals surface area contributed by atoms with Gasteiger partial charge in [-0.05, 0) is 44.2 Å². The SMILES string of the molecule is COCCCN1CC(c2ncco2)C2(CCN(CCCO)CC2)C1. The van der Waals surface area contributed by atoms with E-state index in [1.165, 1.54) is 12.8 Å². The van der Waals surface area contributed by atoms with E-state index in [-0.39, 0.29) is 12.0 Å². The average Bonchev–Trinajstić information content (AvgIpc) is 3.23. The van der Waals surface area contributed by atoms with Gasteiger partial charge in [-0.3, -0.25) is 0 Å². The van der Waals surface area contributed by atoms with Crippen molar-refractivity contribution in [2.45, 2.75) is 31.6 Å². The van der Waals surface area contributed by atoms with Gasteiger partial charge in [0.2, 0.25) is 0 Å². The Hall–Kier alpha value is -0.950. The van der Waals surface area contributed by atoms with E-state index < -0.39 is 0 Å². The molecular formula is C18H31N3O3. The van der Waals surface area contributed by atoms with Crippen molar-refractivity contribution >= 4 is 0 Å². The number of aromatic nitrogens is 1. The van der Waals surface area contributed by atoms with Gasteiger partial charge in [0.05, 0.1) is 12.1 Å². The Balaban J connectivity index is 1.65. The molecule has 1 aromatic rings. The lowest BCUT2D eigenvalue weighted by Gasteiger charge is -2.42. The second-order valence-corrected chi connectivity index (χ2v) is 7.29. The Kier molecular flexibility index (Phi) is 6.27. The van der Waals surface area contributed by atoms with Crippen LogP contribution in [0.2, 0.25) is 0 Å². The second-order valence-electron chi connectivity index (χ2n) is 7.29. The van der Waals surface area contributed by atoms with Crippen molar-refractivity contribution in [3.05, 3.63) is 18.4 Å². The molecule has 24 heavy (non-hydrogen) atoms. The van der Waals surface area contributed by atoms with E-state index >= 15 is 0 Å². The van der Waals surface area contributed by atoms with E-state index in [1.807, 2.05) is 0 Å². The summed E-state index contributed by atoms with van der Waals surface area (Å²) in [6.07, 6.45) is 7.80. The van der Waals surface area contributed by atoms with Crippen LogP contribution in [0, 0.1) is 5.41 Å². The van der Waals surface area contributed by atoms with Crippen molar-refractivity contribution in [2.24, 2.45) is 5.41 Å². The van der Waals surface area contributed by atoms with Gasteiger partial charge in [0, 0.05) is 46.5 Å². The van der Waals surface area contributed by atoms with Crippen molar-refractivity contribution in [1.82, 2.24) is 14.8 Å². The van der Waals surface area contributed by atoms with E-state index in [9.17, 15) is 0 Å². The summed E-state index contributed by atoms with van der Waals surface area (Å²) in [6, 6.07) is 0. The maximum absolute atomic E-state index is 9.04. The molecule has 2 aliphatic rings. The molecule has 2 aliphatic heterocycles. The van der Waals surface area contributed by atoms with Gasteiger partial charge < -0.3 is 24.1 Å². The summed E-state index contributed by atoms with van der Waals surface area (Å²) in [4.78, 5) is 9.54. The standard InChI is InChI=1S/C18H31N3O3/c1-23-12-3-8-21-14-16(17-19-6-13-24-17)18(15-21)4-9-20(10-5-18)7-2-11-22/h6,13,16,22H,2-5,7-12,14-15H2,1H3. The number of hydrogen-bond acceptors (Lipinski definition) is 6. The fourth-order valence-electron chi connectivity index (χ4n) is 4.44. The van der Waals surface area contributed by atoms with Crippen molar-refractivity contribution in [3.63, 3.8) is 0 Å². The van der Waals surface area contributed by atoms with Gasteiger partial charge in [0.15, 0.2) is 5.89 Å². The summed E-state index contributed by atoms with van der Waals surface area (Å²) in [5.74, 6) is 1.31. The number of rotatable bonds is 8. The van der Waals surface area contributed by atoms with Gasteiger partial charge in [-0.15, -0.1) is 0 Å². The molecule has 6 nitrogen and oxygen atoms in total. The Bertz CT molecular complexity index is 472. The van der Waals surface area contributed by atoms with Crippen LogP contribution in [0.25, 0.3) is 0 Å². The highest BCUT2D eigenvalue weighted by molar-refractivity contribution is 5.11. The number of aliphatic hydroxyl groups is 1. The molecule has 3 heterocycles. The smallest absolute Gasteiger partial charge is 0.198 e. The fraction of sp³-hybridized carbons (Fsp3) is 0.833. The third-order valence-electron chi connectivity index (χ3n) is 5.78. The zero-order chi connectivity index (χ0) is 16.8. The Labute approximate surface area is 144 Å². The number of nitrogens with zero attached hydrogens (tertiary/aromatic N) is 3. The van der Waals surface area contributed by atoms with Crippen molar-refractivity contribution < 1.29 is 14.3 Å². The minimum absolute atomic E-state index is 0.285. The summed E-state index contributed by atoms with van der Waals surface area (Å²) in [5, 5.41) is 9.04. The predicted octanol–water partition coefficient (Wildman–Crippen LogP) is 1.57. The number of oxazole rings is 1. The fourth-order valence-corrected chi connectivity index (χ4v) is 4.44. The lowest BCUT2D eigenvalue weighted by atomic mass is 9.70. The van der Waals surface area contributed by atoms with Gasteiger partial charge in [0.1, 0.15) is 6.26 Å². The second kappa shape index (κ2) is 8.43. The largest absolute Gasteiger partial charge is 0.449 e. The third kappa shape index (κ3) is 3.99. The number of aliphatic hydroxyl groups excluding tert-OH is 1. The van der Waals surface area contributed by atoms with E-state index in [0.29, 0.717) is 5.92 Å². The van der Waals surface area contributed by atoms with Gasteiger partial charge in [-0.2, -0.15) is 0 Å². The molecular weight excluding hydrogens is 306 g/mol. The molecule has 136 valence electrons. The molecule has 0 bridgehead atoms. The van der Waals surface area contributed by atoms with Gasteiger partial charge >= 0.3 is 0 Å². The van der Waals surface area contributed by atoms with Crippen molar-refractivity contribution in [1.29, 1.82) is 0 Å². The molecule has 6 heteroatoms. The normalized spacial score (nSPS) is 24.8. The van der Waals surface area contributed by atoms with E-state index in [2.05, 4.69) is 14.8 Å². The topological polar surface area (TPSA) is 62.0 Å². The maximum atomic E-state index is 9.04. The summed E-state index contributed by atoms with van der Waals surface area (Å²) >= 11 is 0. The van der Waals surface area contributed by atoms with Crippen LogP contribution < -0.4 is 0 Å². The van der Waals surface area contributed by atoms with E-state index in [0.717, 1.165) is 64.6 Å². The average molecular weight is 337 g/mol. The molecule has 3 rings (SSSR count). The van der Waals surface area contributed by atoms with Crippen molar-refractivity contribution in [2.75, 3.05) is 59.6 Å². The highest BCUT2D eigenvalue weighted by Gasteiger charge is 2.50. The first-order valence-electron chi connectivity index (χ1n) is 9.21. The van der Waals surface area contributed by atoms with Crippen LogP contribution in [0.15, 0.2) is 16.9 Å². The molecule has 1 atom stereocenters. The molecule has 1 unspecified atom stereocenters. The molecule has 0 amide bonds. The molecule has 0 aromatic carbocycles. The molecule has 0 radical (unpaired) electrons. The summed E-state index contributed by atoms with van der Waals surface area (Å²) < 4.78 is 10.9. The molecule has 0 aliphatic carbocycles. The van der Waals surface area contributed by atoms with Crippen LogP contribution in [0.5, 0.6) is 0 Å². The number of hydrogen-bond donors (Lipinski definition) is 1. The zero-order valence-corrected chi connectivity index (χ0v) is 14.8. The Morgan fingerprint density at radius 3 is 2.75 bits per heavy atom. The van der Waals surface area contributed by atoms with Crippen LogP contribution >= 0.6 is 0 Å². The zero-order valence-electron chi connectivity index (χ0n) is 14.8.